The number of nitrogens with zero attached hydrogens (tertiary/aromatic N) is 8. The topological polar surface area (TPSA) is 93.6 Å². The fraction of sp³-hybridized carbons (Fsp3) is 0.440. The fourth-order valence-electron chi connectivity index (χ4n) is 5.61. The van der Waals surface area contributed by atoms with Gasteiger partial charge in [-0.3, -0.25) is 9.69 Å². The first-order chi connectivity index (χ1) is 17.1. The van der Waals surface area contributed by atoms with Crippen molar-refractivity contribution in [3.8, 4) is 5.82 Å². The second-order valence-electron chi connectivity index (χ2n) is 9.41. The van der Waals surface area contributed by atoms with E-state index in [1.165, 1.54) is 11.0 Å². The Bertz CT molecular complexity index is 1300. The number of hydrogen-bond donors (Lipinski definition) is 0. The first-order valence-corrected chi connectivity index (χ1v) is 12.0. The van der Waals surface area contributed by atoms with Gasteiger partial charge in [-0.05, 0) is 52.9 Å². The first kappa shape index (κ1) is 21.8. The molecule has 4 heterocycles. The second-order valence-corrected chi connectivity index (χ2v) is 9.41. The van der Waals surface area contributed by atoms with Gasteiger partial charge in [0.1, 0.15) is 6.33 Å². The minimum atomic E-state index is -0.150. The quantitative estimate of drug-likeness (QED) is 0.542. The SMILES string of the molecule is [C-]#[N+]c1cccc([C@@H]2CN3CCN(C(=O)C4CCc5nc(-n6cnnn6)ccc54)C[C@H]3CO2)c1C. The Labute approximate surface area is 203 Å². The van der Waals surface area contributed by atoms with Crippen molar-refractivity contribution in [1.82, 2.24) is 35.0 Å². The summed E-state index contributed by atoms with van der Waals surface area (Å²) in [4.78, 5) is 26.3. The first-order valence-electron chi connectivity index (χ1n) is 12.0. The number of amides is 1. The number of hydrogen-bond acceptors (Lipinski definition) is 7. The summed E-state index contributed by atoms with van der Waals surface area (Å²) in [6, 6.07) is 9.91. The molecule has 1 unspecified atom stereocenters. The summed E-state index contributed by atoms with van der Waals surface area (Å²) in [6.07, 6.45) is 3.03. The minimum absolute atomic E-state index is 0.0441. The molecule has 0 saturated carbocycles. The lowest BCUT2D eigenvalue weighted by molar-refractivity contribution is -0.141. The molecule has 6 rings (SSSR count). The third-order valence-electron chi connectivity index (χ3n) is 7.54. The van der Waals surface area contributed by atoms with E-state index >= 15 is 0 Å². The van der Waals surface area contributed by atoms with Crippen molar-refractivity contribution in [3.63, 3.8) is 0 Å². The molecule has 10 heteroatoms. The van der Waals surface area contributed by atoms with Gasteiger partial charge in [0.25, 0.3) is 0 Å². The summed E-state index contributed by atoms with van der Waals surface area (Å²) in [5.74, 6) is 0.702. The van der Waals surface area contributed by atoms with Gasteiger partial charge in [-0.1, -0.05) is 24.3 Å². The average molecular weight is 471 g/mol. The van der Waals surface area contributed by atoms with Crippen LogP contribution in [0.2, 0.25) is 0 Å². The van der Waals surface area contributed by atoms with Crippen LogP contribution < -0.4 is 0 Å². The van der Waals surface area contributed by atoms with Crippen molar-refractivity contribution >= 4 is 11.6 Å². The molecule has 10 nitrogen and oxygen atoms in total. The molecule has 2 aromatic heterocycles. The number of carbonyl (C=O) groups excluding carboxylic acids is 1. The van der Waals surface area contributed by atoms with Gasteiger partial charge in [-0.2, -0.15) is 4.68 Å². The average Bonchev–Trinajstić information content (AvgIpc) is 3.58. The Morgan fingerprint density at radius 3 is 2.91 bits per heavy atom. The molecule has 1 amide bonds. The third-order valence-corrected chi connectivity index (χ3v) is 7.54. The van der Waals surface area contributed by atoms with E-state index in [1.54, 1.807) is 0 Å². The van der Waals surface area contributed by atoms with Gasteiger partial charge in [-0.15, -0.1) is 5.10 Å². The van der Waals surface area contributed by atoms with E-state index < -0.39 is 0 Å². The molecule has 0 N–H and O–H groups in total. The van der Waals surface area contributed by atoms with Gasteiger partial charge < -0.3 is 9.64 Å². The number of piperazine rings is 1. The summed E-state index contributed by atoms with van der Waals surface area (Å²) in [5.41, 5.74) is 4.74. The van der Waals surface area contributed by atoms with Crippen LogP contribution >= 0.6 is 0 Å². The predicted molar refractivity (Wildman–Crippen MR) is 126 cm³/mol. The molecule has 3 aliphatic rings. The van der Waals surface area contributed by atoms with Gasteiger partial charge in [0.15, 0.2) is 11.5 Å². The Morgan fingerprint density at radius 1 is 1.17 bits per heavy atom. The highest BCUT2D eigenvalue weighted by molar-refractivity contribution is 5.85. The van der Waals surface area contributed by atoms with Gasteiger partial charge in [0.05, 0.1) is 31.2 Å². The molecule has 2 fully saturated rings. The van der Waals surface area contributed by atoms with Crippen molar-refractivity contribution in [2.24, 2.45) is 0 Å². The van der Waals surface area contributed by atoms with Gasteiger partial charge in [-0.25, -0.2) is 9.83 Å². The minimum Gasteiger partial charge on any atom is -0.371 e. The van der Waals surface area contributed by atoms with E-state index in [4.69, 9.17) is 16.3 Å². The number of aryl methyl sites for hydroxylation is 1. The van der Waals surface area contributed by atoms with E-state index in [2.05, 4.69) is 31.3 Å². The zero-order valence-electron chi connectivity index (χ0n) is 19.5. The van der Waals surface area contributed by atoms with E-state index in [0.29, 0.717) is 31.2 Å². The van der Waals surface area contributed by atoms with E-state index in [0.717, 1.165) is 48.3 Å². The van der Waals surface area contributed by atoms with Gasteiger partial charge in [0.2, 0.25) is 5.91 Å². The van der Waals surface area contributed by atoms with Gasteiger partial charge in [0, 0.05) is 31.9 Å². The van der Waals surface area contributed by atoms with Crippen LogP contribution in [-0.4, -0.2) is 79.7 Å². The summed E-state index contributed by atoms with van der Waals surface area (Å²) >= 11 is 0. The molecular formula is C25H26N8O2. The maximum absolute atomic E-state index is 13.5. The molecule has 0 bridgehead atoms. The molecule has 0 spiro atoms. The van der Waals surface area contributed by atoms with Crippen LogP contribution in [-0.2, 0) is 16.0 Å². The molecule has 2 aliphatic heterocycles. The van der Waals surface area contributed by atoms with Crippen LogP contribution in [0.15, 0.2) is 36.7 Å². The highest BCUT2D eigenvalue weighted by Gasteiger charge is 2.39. The van der Waals surface area contributed by atoms with Crippen LogP contribution in [0.1, 0.15) is 40.8 Å². The summed E-state index contributed by atoms with van der Waals surface area (Å²) in [7, 11) is 0. The number of carbonyl (C=O) groups is 1. The van der Waals surface area contributed by atoms with Crippen LogP contribution in [0.25, 0.3) is 10.7 Å². The lowest BCUT2D eigenvalue weighted by atomic mass is 9.97. The molecule has 178 valence electrons. The molecule has 3 atom stereocenters. The van der Waals surface area contributed by atoms with Crippen molar-refractivity contribution in [3.05, 3.63) is 70.5 Å². The number of morpholine rings is 1. The lowest BCUT2D eigenvalue weighted by Crippen LogP contribution is -2.60. The zero-order valence-corrected chi connectivity index (χ0v) is 19.5. The monoisotopic (exact) mass is 470 g/mol. The molecule has 1 aliphatic carbocycles. The van der Waals surface area contributed by atoms with E-state index in [1.807, 2.05) is 36.1 Å². The summed E-state index contributed by atoms with van der Waals surface area (Å²) < 4.78 is 7.79. The normalized spacial score (nSPS) is 24.0. The Kier molecular flexibility index (Phi) is 5.51. The standard InChI is InChI=1S/C25H26N8O2/c1-16-18(4-3-5-21(16)26-2)23-13-31-10-11-32(12-17(31)14-35-23)25(34)20-6-8-22-19(20)7-9-24(28-22)33-15-27-29-30-33/h3-5,7,9,15,17,20,23H,6,8,10-14H2,1H3/t17-,20?,23-/m0/s1. The second kappa shape index (κ2) is 8.83. The lowest BCUT2D eigenvalue weighted by Gasteiger charge is -2.46. The van der Waals surface area contributed by atoms with Crippen LogP contribution in [0.5, 0.6) is 0 Å². The highest BCUT2D eigenvalue weighted by atomic mass is 16.5. The van der Waals surface area contributed by atoms with Crippen LogP contribution in [0, 0.1) is 13.5 Å². The number of ether oxygens (including phenoxy) is 1. The molecule has 1 aromatic carbocycles. The molecule has 2 saturated heterocycles. The third kappa shape index (κ3) is 3.87. The smallest absolute Gasteiger partial charge is 0.230 e. The summed E-state index contributed by atoms with van der Waals surface area (Å²) in [6.45, 7) is 13.0. The number of tetrazole rings is 1. The van der Waals surface area contributed by atoms with Crippen molar-refractivity contribution in [2.75, 3.05) is 32.8 Å². The Morgan fingerprint density at radius 2 is 2.09 bits per heavy atom. The molecule has 3 aromatic rings. The van der Waals surface area contributed by atoms with Crippen LogP contribution in [0.4, 0.5) is 5.69 Å². The molecular weight excluding hydrogens is 444 g/mol. The number of aromatic nitrogens is 5. The predicted octanol–water partition coefficient (Wildman–Crippen LogP) is 2.23. The number of fused-ring (bicyclic) bond motifs is 2. The van der Waals surface area contributed by atoms with Crippen molar-refractivity contribution in [2.45, 2.75) is 37.8 Å². The number of rotatable bonds is 3. The Balaban J connectivity index is 1.12. The van der Waals surface area contributed by atoms with Crippen LogP contribution in [0.3, 0.4) is 0 Å². The fourth-order valence-corrected chi connectivity index (χ4v) is 5.61. The van der Waals surface area contributed by atoms with E-state index in [-0.39, 0.29) is 24.0 Å². The summed E-state index contributed by atoms with van der Waals surface area (Å²) in [5, 5.41) is 11.2. The largest absolute Gasteiger partial charge is 0.371 e. The number of benzene rings is 1. The Hall–Kier alpha value is -3.68. The maximum atomic E-state index is 13.5. The highest BCUT2D eigenvalue weighted by Crippen LogP contribution is 2.36. The zero-order chi connectivity index (χ0) is 23.9. The van der Waals surface area contributed by atoms with Gasteiger partial charge >= 0.3 is 0 Å². The molecule has 0 radical (unpaired) electrons. The van der Waals surface area contributed by atoms with Crippen molar-refractivity contribution in [1.29, 1.82) is 0 Å². The number of pyridine rings is 1. The van der Waals surface area contributed by atoms with Crippen molar-refractivity contribution < 1.29 is 9.53 Å². The van der Waals surface area contributed by atoms with E-state index in [9.17, 15) is 4.79 Å². The molecule has 35 heavy (non-hydrogen) atoms. The maximum Gasteiger partial charge on any atom is 0.230 e.